The van der Waals surface area contributed by atoms with Gasteiger partial charge in [0.2, 0.25) is 0 Å². The first-order chi connectivity index (χ1) is 15.9. The van der Waals surface area contributed by atoms with Crippen LogP contribution in [-0.2, 0) is 16.4 Å². The number of imidazole rings is 1. The van der Waals surface area contributed by atoms with E-state index in [1.165, 1.54) is 11.5 Å². The van der Waals surface area contributed by atoms with Crippen molar-refractivity contribution in [1.82, 2.24) is 9.55 Å². The van der Waals surface area contributed by atoms with Crippen molar-refractivity contribution in [3.05, 3.63) is 94.2 Å². The number of aldehydes is 1. The van der Waals surface area contributed by atoms with Gasteiger partial charge in [0.15, 0.2) is 16.8 Å². The van der Waals surface area contributed by atoms with Crippen molar-refractivity contribution in [2.75, 3.05) is 0 Å². The number of nitriles is 1. The molecule has 164 valence electrons. The summed E-state index contributed by atoms with van der Waals surface area (Å²) in [6, 6.07) is 20.6. The second-order valence-corrected chi connectivity index (χ2v) is 9.47. The average molecular weight is 496 g/mol. The van der Waals surface area contributed by atoms with Crippen LogP contribution in [-0.4, -0.2) is 24.3 Å². The van der Waals surface area contributed by atoms with Gasteiger partial charge in [-0.25, -0.2) is 13.4 Å². The Bertz CT molecular complexity index is 1510. The molecule has 0 spiro atoms. The number of carbonyl (C=O) groups is 1. The Hall–Kier alpha value is -3.44. The zero-order chi connectivity index (χ0) is 23.6. The fourth-order valence-electron chi connectivity index (χ4n) is 3.52. The molecule has 0 aliphatic heterocycles. The summed E-state index contributed by atoms with van der Waals surface area (Å²) in [5, 5.41) is 10.8. The summed E-state index contributed by atoms with van der Waals surface area (Å²) in [4.78, 5) is 16.0. The van der Waals surface area contributed by atoms with Gasteiger partial charge in [-0.05, 0) is 23.3 Å². The molecule has 0 radical (unpaired) electrons. The van der Waals surface area contributed by atoms with Crippen LogP contribution in [0.4, 0.5) is 0 Å². The monoisotopic (exact) mass is 495 g/mol. The highest BCUT2D eigenvalue weighted by Crippen LogP contribution is 2.32. The molecule has 1 heterocycles. The Kier molecular flexibility index (Phi) is 6.34. The van der Waals surface area contributed by atoms with Crippen molar-refractivity contribution in [3.63, 3.8) is 0 Å². The van der Waals surface area contributed by atoms with Crippen LogP contribution in [0.15, 0.2) is 77.7 Å². The molecular formula is C24H15Cl2N3O3S. The molecule has 0 saturated heterocycles. The smallest absolute Gasteiger partial charge is 0.270 e. The van der Waals surface area contributed by atoms with Gasteiger partial charge < -0.3 is 4.57 Å². The molecule has 6 nitrogen and oxygen atoms in total. The number of hydrogen-bond donors (Lipinski definition) is 0. The van der Waals surface area contributed by atoms with Gasteiger partial charge >= 0.3 is 0 Å². The number of thiocyanates is 1. The lowest BCUT2D eigenvalue weighted by molar-refractivity contribution is 0.111. The van der Waals surface area contributed by atoms with E-state index in [4.69, 9.17) is 28.5 Å². The molecule has 0 fully saturated rings. The van der Waals surface area contributed by atoms with Crippen molar-refractivity contribution in [2.24, 2.45) is 0 Å². The number of rotatable bonds is 6. The first-order valence-corrected chi connectivity index (χ1v) is 11.9. The van der Waals surface area contributed by atoms with Gasteiger partial charge in [-0.3, -0.25) is 4.79 Å². The van der Waals surface area contributed by atoms with Crippen LogP contribution in [0.25, 0.3) is 22.5 Å². The van der Waals surface area contributed by atoms with Gasteiger partial charge in [0.25, 0.3) is 9.84 Å². The topological polar surface area (TPSA) is 92.8 Å². The molecule has 0 aliphatic rings. The maximum absolute atomic E-state index is 12.2. The first-order valence-electron chi connectivity index (χ1n) is 9.66. The van der Waals surface area contributed by atoms with Gasteiger partial charge in [-0.15, -0.1) is 0 Å². The normalized spacial score (nSPS) is 11.2. The Balaban J connectivity index is 1.77. The number of hydrogen-bond acceptors (Lipinski definition) is 5. The third kappa shape index (κ3) is 4.41. The summed E-state index contributed by atoms with van der Waals surface area (Å²) >= 11 is 12.8. The lowest BCUT2D eigenvalue weighted by atomic mass is 10.0. The molecule has 0 saturated carbocycles. The molecule has 4 aromatic rings. The maximum atomic E-state index is 12.2. The molecule has 0 N–H and O–H groups in total. The number of benzene rings is 3. The minimum atomic E-state index is -4.09. The molecule has 33 heavy (non-hydrogen) atoms. The molecular weight excluding hydrogens is 481 g/mol. The average Bonchev–Trinajstić information content (AvgIpc) is 3.15. The Morgan fingerprint density at radius 3 is 2.33 bits per heavy atom. The Morgan fingerprint density at radius 2 is 1.67 bits per heavy atom. The minimum Gasteiger partial charge on any atom is -0.316 e. The van der Waals surface area contributed by atoms with E-state index >= 15 is 0 Å². The molecule has 4 rings (SSSR count). The first kappa shape index (κ1) is 22.7. The number of aromatic nitrogens is 2. The number of sulfone groups is 1. The van der Waals surface area contributed by atoms with E-state index in [2.05, 4.69) is 4.98 Å². The standard InChI is InChI=1S/C24H15Cl2N3O3S/c25-20-12-17(19-8-4-5-9-22(19)33(31,32)15-27)10-11-18(20)13-29-21(14-30)23(26)28-24(29)16-6-2-1-3-7-16/h1-12,14H,13H2. The zero-order valence-corrected chi connectivity index (χ0v) is 19.3. The Labute approximate surface area is 200 Å². The van der Waals surface area contributed by atoms with Gasteiger partial charge in [0.05, 0.1) is 11.4 Å². The predicted octanol–water partition coefficient (Wildman–Crippen LogP) is 5.64. The molecule has 0 amide bonds. The summed E-state index contributed by atoms with van der Waals surface area (Å²) in [6.45, 7) is 0.218. The SMILES string of the molecule is N#CS(=O)(=O)c1ccccc1-c1ccc(Cn2c(-c3ccccc3)nc(Cl)c2C=O)c(Cl)c1. The highest BCUT2D eigenvalue weighted by molar-refractivity contribution is 7.96. The van der Waals surface area contributed by atoms with Crippen LogP contribution in [0.2, 0.25) is 10.2 Å². The van der Waals surface area contributed by atoms with Crippen LogP contribution in [0, 0.1) is 10.7 Å². The van der Waals surface area contributed by atoms with Crippen molar-refractivity contribution in [3.8, 4) is 27.9 Å². The van der Waals surface area contributed by atoms with Gasteiger partial charge in [0, 0.05) is 16.1 Å². The van der Waals surface area contributed by atoms with Crippen LogP contribution in [0.1, 0.15) is 16.1 Å². The quantitative estimate of drug-likeness (QED) is 0.196. The van der Waals surface area contributed by atoms with Crippen LogP contribution >= 0.6 is 23.2 Å². The van der Waals surface area contributed by atoms with E-state index in [-0.39, 0.29) is 22.3 Å². The molecule has 0 bridgehead atoms. The van der Waals surface area contributed by atoms with Crippen LogP contribution < -0.4 is 0 Å². The summed E-state index contributed by atoms with van der Waals surface area (Å²) in [6.07, 6.45) is 0.646. The van der Waals surface area contributed by atoms with E-state index in [0.717, 1.165) is 5.56 Å². The summed E-state index contributed by atoms with van der Waals surface area (Å²) in [7, 11) is -4.09. The number of nitrogens with zero attached hydrogens (tertiary/aromatic N) is 3. The fourth-order valence-corrected chi connectivity index (χ4v) is 4.82. The van der Waals surface area contributed by atoms with Crippen molar-refractivity contribution in [2.45, 2.75) is 11.4 Å². The number of carbonyl (C=O) groups excluding carboxylic acids is 1. The third-order valence-corrected chi connectivity index (χ3v) is 6.90. The van der Waals surface area contributed by atoms with E-state index in [0.29, 0.717) is 33.8 Å². The highest BCUT2D eigenvalue weighted by atomic mass is 35.5. The lowest BCUT2D eigenvalue weighted by Gasteiger charge is -2.13. The largest absolute Gasteiger partial charge is 0.316 e. The second-order valence-electron chi connectivity index (χ2n) is 7.08. The summed E-state index contributed by atoms with van der Waals surface area (Å²) in [5.41, 5.74) is 2.60. The summed E-state index contributed by atoms with van der Waals surface area (Å²) in [5.74, 6) is 0.522. The van der Waals surface area contributed by atoms with Gasteiger partial charge in [-0.1, -0.05) is 83.9 Å². The molecule has 9 heteroatoms. The predicted molar refractivity (Wildman–Crippen MR) is 127 cm³/mol. The Morgan fingerprint density at radius 1 is 0.970 bits per heavy atom. The minimum absolute atomic E-state index is 0.0900. The number of halogens is 2. The van der Waals surface area contributed by atoms with E-state index in [1.807, 2.05) is 30.3 Å². The van der Waals surface area contributed by atoms with E-state index < -0.39 is 9.84 Å². The molecule has 0 atom stereocenters. The second kappa shape index (κ2) is 9.20. The van der Waals surface area contributed by atoms with Crippen molar-refractivity contribution in [1.29, 1.82) is 5.26 Å². The van der Waals surface area contributed by atoms with Crippen molar-refractivity contribution >= 4 is 39.3 Å². The van der Waals surface area contributed by atoms with Crippen LogP contribution in [0.3, 0.4) is 0 Å². The van der Waals surface area contributed by atoms with E-state index in [9.17, 15) is 13.2 Å². The van der Waals surface area contributed by atoms with Gasteiger partial charge in [-0.2, -0.15) is 5.26 Å². The summed E-state index contributed by atoms with van der Waals surface area (Å²) < 4.78 is 26.0. The van der Waals surface area contributed by atoms with E-state index in [1.54, 1.807) is 41.0 Å². The molecule has 0 aliphatic carbocycles. The molecule has 3 aromatic carbocycles. The fraction of sp³-hybridized carbons (Fsp3) is 0.0417. The highest BCUT2D eigenvalue weighted by Gasteiger charge is 2.20. The van der Waals surface area contributed by atoms with Crippen LogP contribution in [0.5, 0.6) is 0 Å². The molecule has 0 unspecified atom stereocenters. The molecule has 1 aromatic heterocycles. The zero-order valence-electron chi connectivity index (χ0n) is 16.9. The maximum Gasteiger partial charge on any atom is 0.270 e. The third-order valence-electron chi connectivity index (χ3n) is 5.09. The van der Waals surface area contributed by atoms with Crippen molar-refractivity contribution < 1.29 is 13.2 Å². The van der Waals surface area contributed by atoms with Gasteiger partial charge in [0.1, 0.15) is 11.5 Å². The lowest BCUT2D eigenvalue weighted by Crippen LogP contribution is -2.07.